The first-order chi connectivity index (χ1) is 20.8. The third-order valence-electron chi connectivity index (χ3n) is 6.79. The number of aromatic amines is 1. The molecule has 1 aromatic heterocycles. The Kier molecular flexibility index (Phi) is 11.4. The third kappa shape index (κ3) is 9.55. The number of carboxylic acid groups (broad SMARTS) is 1. The van der Waals surface area contributed by atoms with Crippen molar-refractivity contribution in [1.29, 1.82) is 0 Å². The number of nitrogens with two attached hydrogens (primary N) is 3. The number of carbonyl (C=O) groups is 6. The highest BCUT2D eigenvalue weighted by Crippen LogP contribution is 2.19. The molecular weight excluding hydrogens is 574 g/mol. The van der Waals surface area contributed by atoms with E-state index in [1.807, 2.05) is 18.2 Å². The Morgan fingerprint density at radius 1 is 0.773 bits per heavy atom. The number of fused-ring (bicyclic) bond motifs is 1. The summed E-state index contributed by atoms with van der Waals surface area (Å²) in [6.45, 7) is 0. The highest BCUT2D eigenvalue weighted by molar-refractivity contribution is 5.96. The predicted molar refractivity (Wildman–Crippen MR) is 157 cm³/mol. The van der Waals surface area contributed by atoms with Crippen molar-refractivity contribution in [2.75, 3.05) is 0 Å². The molecule has 0 aliphatic heterocycles. The molecule has 4 unspecified atom stereocenters. The number of H-pyrrole nitrogens is 1. The highest BCUT2D eigenvalue weighted by Gasteiger charge is 2.32. The maximum atomic E-state index is 13.6. The number of phenolic OH excluding ortho intramolecular Hbond substituents is 1. The molecule has 12 N–H and O–H groups in total. The first-order valence-corrected chi connectivity index (χ1v) is 13.6. The van der Waals surface area contributed by atoms with E-state index in [1.165, 1.54) is 12.1 Å². The molecule has 234 valence electrons. The number of aliphatic carboxylic acids is 1. The van der Waals surface area contributed by atoms with E-state index in [0.29, 0.717) is 11.1 Å². The van der Waals surface area contributed by atoms with Gasteiger partial charge in [-0.15, -0.1) is 0 Å². The molecular formula is C29H35N7O8. The lowest BCUT2D eigenvalue weighted by molar-refractivity contribution is -0.142. The van der Waals surface area contributed by atoms with Crippen LogP contribution >= 0.6 is 0 Å². The van der Waals surface area contributed by atoms with Gasteiger partial charge in [-0.25, -0.2) is 4.79 Å². The number of rotatable bonds is 16. The molecule has 3 aromatic rings. The second-order valence-corrected chi connectivity index (χ2v) is 10.2. The van der Waals surface area contributed by atoms with Crippen molar-refractivity contribution >= 4 is 46.4 Å². The standard InChI is InChI=1S/C29H35N7O8/c30-19(11-15-5-7-17(37)8-6-15)26(40)35-22(12-16-14-33-20-4-2-1-3-18(16)20)27(41)36-23(13-25(32)39)28(42)34-21(29(43)44)9-10-24(31)38/h1-8,14,19,21-23,33,37H,9-13,30H2,(H2,31,38)(H2,32,39)(H,34,42)(H,35,40)(H,36,41)(H,43,44). The van der Waals surface area contributed by atoms with Crippen LogP contribution in [0.25, 0.3) is 10.9 Å². The number of aromatic hydroxyl groups is 1. The Labute approximate surface area is 251 Å². The van der Waals surface area contributed by atoms with Gasteiger partial charge in [-0.1, -0.05) is 30.3 Å². The summed E-state index contributed by atoms with van der Waals surface area (Å²) in [6.07, 6.45) is 0.348. The largest absolute Gasteiger partial charge is 0.508 e. The number of carboxylic acids is 1. The molecule has 1 heterocycles. The van der Waals surface area contributed by atoms with Crippen molar-refractivity contribution in [3.8, 4) is 5.75 Å². The average molecular weight is 610 g/mol. The Morgan fingerprint density at radius 3 is 2.02 bits per heavy atom. The van der Waals surface area contributed by atoms with Crippen LogP contribution in [0.3, 0.4) is 0 Å². The number of amides is 5. The maximum Gasteiger partial charge on any atom is 0.326 e. The van der Waals surface area contributed by atoms with Crippen molar-refractivity contribution in [1.82, 2.24) is 20.9 Å². The number of nitrogens with one attached hydrogen (secondary N) is 4. The van der Waals surface area contributed by atoms with Crippen molar-refractivity contribution < 1.29 is 39.0 Å². The summed E-state index contributed by atoms with van der Waals surface area (Å²) in [5.74, 6) is -5.78. The van der Waals surface area contributed by atoms with Gasteiger partial charge in [0, 0.05) is 29.9 Å². The van der Waals surface area contributed by atoms with E-state index < -0.39 is 66.1 Å². The smallest absolute Gasteiger partial charge is 0.326 e. The monoisotopic (exact) mass is 609 g/mol. The van der Waals surface area contributed by atoms with E-state index in [1.54, 1.807) is 24.4 Å². The van der Waals surface area contributed by atoms with Crippen molar-refractivity contribution in [2.24, 2.45) is 17.2 Å². The van der Waals surface area contributed by atoms with Gasteiger partial charge in [-0.2, -0.15) is 0 Å². The molecule has 0 radical (unpaired) electrons. The van der Waals surface area contributed by atoms with Crippen LogP contribution in [0, 0.1) is 0 Å². The summed E-state index contributed by atoms with van der Waals surface area (Å²) in [6, 6.07) is 7.80. The van der Waals surface area contributed by atoms with Crippen LogP contribution < -0.4 is 33.2 Å². The number of para-hydroxylation sites is 1. The molecule has 44 heavy (non-hydrogen) atoms. The Balaban J connectivity index is 1.83. The van der Waals surface area contributed by atoms with Gasteiger partial charge in [-0.05, 0) is 42.2 Å². The first-order valence-electron chi connectivity index (χ1n) is 13.6. The van der Waals surface area contributed by atoms with Crippen LogP contribution in [0.2, 0.25) is 0 Å². The molecule has 0 fully saturated rings. The molecule has 15 nitrogen and oxygen atoms in total. The fraction of sp³-hybridized carbons (Fsp3) is 0.310. The van der Waals surface area contributed by atoms with Crippen LogP contribution in [0.1, 0.15) is 30.4 Å². The quantitative estimate of drug-likeness (QED) is 0.0929. The van der Waals surface area contributed by atoms with Gasteiger partial charge in [0.1, 0.15) is 23.9 Å². The molecule has 3 rings (SSSR count). The zero-order valence-corrected chi connectivity index (χ0v) is 23.6. The molecule has 2 aromatic carbocycles. The number of hydrogen-bond acceptors (Lipinski definition) is 8. The van der Waals surface area contributed by atoms with Crippen molar-refractivity contribution in [3.05, 3.63) is 65.9 Å². The number of benzene rings is 2. The molecule has 5 amide bonds. The van der Waals surface area contributed by atoms with Gasteiger partial charge >= 0.3 is 5.97 Å². The maximum absolute atomic E-state index is 13.6. The van der Waals surface area contributed by atoms with Crippen LogP contribution in [0.4, 0.5) is 0 Å². The fourth-order valence-corrected chi connectivity index (χ4v) is 4.49. The number of carbonyl (C=O) groups excluding carboxylic acids is 5. The molecule has 0 bridgehead atoms. The van der Waals surface area contributed by atoms with Gasteiger partial charge < -0.3 is 48.3 Å². The highest BCUT2D eigenvalue weighted by atomic mass is 16.4. The lowest BCUT2D eigenvalue weighted by atomic mass is 10.0. The lowest BCUT2D eigenvalue weighted by Gasteiger charge is -2.25. The fourth-order valence-electron chi connectivity index (χ4n) is 4.49. The summed E-state index contributed by atoms with van der Waals surface area (Å²) in [7, 11) is 0. The SMILES string of the molecule is NC(=O)CCC(NC(=O)C(CC(N)=O)NC(=O)C(Cc1c[nH]c2ccccc12)NC(=O)C(N)Cc1ccc(O)cc1)C(=O)O. The number of hydrogen-bond donors (Lipinski definition) is 9. The lowest BCUT2D eigenvalue weighted by Crippen LogP contribution is -2.58. The summed E-state index contributed by atoms with van der Waals surface area (Å²) in [4.78, 5) is 77.3. The Bertz CT molecular complexity index is 1520. The summed E-state index contributed by atoms with van der Waals surface area (Å²) >= 11 is 0. The van der Waals surface area contributed by atoms with E-state index in [9.17, 15) is 39.0 Å². The topological polar surface area (TPSA) is 273 Å². The second-order valence-electron chi connectivity index (χ2n) is 10.2. The van der Waals surface area contributed by atoms with Gasteiger partial charge in [0.15, 0.2) is 0 Å². The van der Waals surface area contributed by atoms with Gasteiger partial charge in [0.2, 0.25) is 29.5 Å². The van der Waals surface area contributed by atoms with Crippen molar-refractivity contribution in [2.45, 2.75) is 56.3 Å². The zero-order valence-electron chi connectivity index (χ0n) is 23.6. The first kappa shape index (κ1) is 33.1. The molecule has 4 atom stereocenters. The van der Waals surface area contributed by atoms with E-state index in [-0.39, 0.29) is 31.4 Å². The minimum atomic E-state index is -1.61. The molecule has 0 aliphatic carbocycles. The number of primary amides is 2. The van der Waals surface area contributed by atoms with Crippen LogP contribution in [-0.2, 0) is 41.6 Å². The minimum absolute atomic E-state index is 0.0410. The normalized spacial score (nSPS) is 13.7. The van der Waals surface area contributed by atoms with Crippen LogP contribution in [0.15, 0.2) is 54.7 Å². The summed E-state index contributed by atoms with van der Waals surface area (Å²) in [5.41, 5.74) is 18.6. The zero-order chi connectivity index (χ0) is 32.4. The summed E-state index contributed by atoms with van der Waals surface area (Å²) in [5, 5.41) is 26.9. The summed E-state index contributed by atoms with van der Waals surface area (Å²) < 4.78 is 0. The predicted octanol–water partition coefficient (Wildman–Crippen LogP) is -1.33. The molecule has 0 saturated carbocycles. The number of phenols is 1. The van der Waals surface area contributed by atoms with E-state index in [2.05, 4.69) is 20.9 Å². The van der Waals surface area contributed by atoms with E-state index >= 15 is 0 Å². The van der Waals surface area contributed by atoms with Crippen LogP contribution in [0.5, 0.6) is 5.75 Å². The van der Waals surface area contributed by atoms with Crippen LogP contribution in [-0.4, -0.2) is 74.9 Å². The number of aromatic nitrogens is 1. The molecule has 0 saturated heterocycles. The van der Waals surface area contributed by atoms with Gasteiger partial charge in [0.25, 0.3) is 0 Å². The third-order valence-corrected chi connectivity index (χ3v) is 6.79. The van der Waals surface area contributed by atoms with Gasteiger partial charge in [-0.3, -0.25) is 24.0 Å². The minimum Gasteiger partial charge on any atom is -0.508 e. The van der Waals surface area contributed by atoms with Gasteiger partial charge in [0.05, 0.1) is 12.5 Å². The molecule has 0 aliphatic rings. The second kappa shape index (κ2) is 15.2. The molecule has 15 heteroatoms. The van der Waals surface area contributed by atoms with E-state index in [4.69, 9.17) is 17.2 Å². The average Bonchev–Trinajstić information content (AvgIpc) is 3.37. The molecule has 0 spiro atoms. The Hall–Kier alpha value is -5.44. The van der Waals surface area contributed by atoms with Crippen molar-refractivity contribution in [3.63, 3.8) is 0 Å². The Morgan fingerprint density at radius 2 is 1.39 bits per heavy atom. The van der Waals surface area contributed by atoms with E-state index in [0.717, 1.165) is 10.9 Å².